The number of methoxy groups -OCH3 is 1. The Hall–Kier alpha value is -0.170. The topological polar surface area (TPSA) is 66.4 Å². The van der Waals surface area contributed by atoms with E-state index in [2.05, 4.69) is 13.8 Å². The Morgan fingerprint density at radius 1 is 0.950 bits per heavy atom. The molecule has 0 fully saturated rings. The van der Waals surface area contributed by atoms with Crippen LogP contribution in [0.3, 0.4) is 0 Å². The van der Waals surface area contributed by atoms with Crippen molar-refractivity contribution in [3.05, 3.63) is 0 Å². The minimum atomic E-state index is -4.10. The van der Waals surface area contributed by atoms with Crippen molar-refractivity contribution in [2.75, 3.05) is 45.6 Å². The van der Waals surface area contributed by atoms with E-state index in [-0.39, 0.29) is 5.75 Å². The van der Waals surface area contributed by atoms with Crippen LogP contribution < -0.4 is 0 Å². The van der Waals surface area contributed by atoms with Crippen molar-refractivity contribution < 1.29 is 22.2 Å². The molecular weight excluding hydrogens is 278 g/mol. The second-order valence-corrected chi connectivity index (χ2v) is 7.07. The molecule has 0 amide bonds. The summed E-state index contributed by atoms with van der Waals surface area (Å²) < 4.78 is 38.4. The molecule has 0 aliphatic carbocycles. The average molecular weight is 309 g/mol. The first-order valence-electron chi connectivity index (χ1n) is 7.66. The SMILES string of the molecule is CCCC[N+](CCCC)(CCCS(=O)(=O)[O-])CCOC. The second kappa shape index (κ2) is 10.5. The Balaban J connectivity index is 4.65. The molecule has 0 radical (unpaired) electrons. The molecule has 6 heteroatoms. The van der Waals surface area contributed by atoms with E-state index in [4.69, 9.17) is 4.74 Å². The average Bonchev–Trinajstić information content (AvgIpc) is 2.38. The molecule has 0 aromatic heterocycles. The van der Waals surface area contributed by atoms with Crippen molar-refractivity contribution >= 4 is 10.1 Å². The van der Waals surface area contributed by atoms with Gasteiger partial charge in [-0.25, -0.2) is 8.42 Å². The third-order valence-electron chi connectivity index (χ3n) is 3.77. The minimum Gasteiger partial charge on any atom is -0.748 e. The van der Waals surface area contributed by atoms with E-state index in [1.807, 2.05) is 0 Å². The van der Waals surface area contributed by atoms with Crippen LogP contribution in [0.5, 0.6) is 0 Å². The molecule has 0 N–H and O–H groups in total. The molecule has 0 aliphatic heterocycles. The summed E-state index contributed by atoms with van der Waals surface area (Å²) in [7, 11) is -2.41. The molecule has 0 saturated heterocycles. The number of hydrogen-bond donors (Lipinski definition) is 0. The molecule has 0 rings (SSSR count). The summed E-state index contributed by atoms with van der Waals surface area (Å²) in [5.74, 6) is -0.252. The van der Waals surface area contributed by atoms with Crippen molar-refractivity contribution in [1.82, 2.24) is 0 Å². The first kappa shape index (κ1) is 19.8. The summed E-state index contributed by atoms with van der Waals surface area (Å²) in [5, 5.41) is 0. The molecule has 0 aromatic rings. The van der Waals surface area contributed by atoms with Crippen LogP contribution >= 0.6 is 0 Å². The lowest BCUT2D eigenvalue weighted by Crippen LogP contribution is -2.52. The fourth-order valence-corrected chi connectivity index (χ4v) is 3.00. The number of rotatable bonds is 13. The highest BCUT2D eigenvalue weighted by Crippen LogP contribution is 2.14. The molecule has 0 saturated carbocycles. The lowest BCUT2D eigenvalue weighted by atomic mass is 10.2. The monoisotopic (exact) mass is 309 g/mol. The Labute approximate surface area is 124 Å². The van der Waals surface area contributed by atoms with Gasteiger partial charge in [0.2, 0.25) is 0 Å². The highest BCUT2D eigenvalue weighted by atomic mass is 32.2. The van der Waals surface area contributed by atoms with E-state index in [0.29, 0.717) is 13.0 Å². The smallest absolute Gasteiger partial charge is 0.102 e. The number of ether oxygens (including phenoxy) is 1. The molecule has 5 nitrogen and oxygen atoms in total. The molecule has 20 heavy (non-hydrogen) atoms. The van der Waals surface area contributed by atoms with Crippen LogP contribution in [-0.4, -0.2) is 63.1 Å². The maximum Gasteiger partial charge on any atom is 0.102 e. The summed E-state index contributed by atoms with van der Waals surface area (Å²) in [4.78, 5) is 0. The van der Waals surface area contributed by atoms with Gasteiger partial charge in [-0.05, 0) is 12.8 Å². The summed E-state index contributed by atoms with van der Waals surface area (Å²) in [6.45, 7) is 8.73. The molecule has 0 spiro atoms. The fourth-order valence-electron chi connectivity index (χ4n) is 2.52. The molecular formula is C14H31NO4S. The van der Waals surface area contributed by atoms with Crippen molar-refractivity contribution in [3.8, 4) is 0 Å². The quantitative estimate of drug-likeness (QED) is 0.385. The maximum atomic E-state index is 10.8. The Bertz CT molecular complexity index is 308. The van der Waals surface area contributed by atoms with Crippen LogP contribution in [0.15, 0.2) is 0 Å². The summed E-state index contributed by atoms with van der Waals surface area (Å²) in [5.41, 5.74) is 0. The van der Waals surface area contributed by atoms with E-state index in [1.165, 1.54) is 0 Å². The van der Waals surface area contributed by atoms with Crippen molar-refractivity contribution in [2.24, 2.45) is 0 Å². The van der Waals surface area contributed by atoms with Gasteiger partial charge >= 0.3 is 0 Å². The summed E-state index contributed by atoms with van der Waals surface area (Å²) >= 11 is 0. The van der Waals surface area contributed by atoms with Crippen molar-refractivity contribution in [2.45, 2.75) is 46.0 Å². The van der Waals surface area contributed by atoms with Gasteiger partial charge < -0.3 is 13.8 Å². The summed E-state index contributed by atoms with van der Waals surface area (Å²) in [6, 6.07) is 0. The van der Waals surface area contributed by atoms with Gasteiger partial charge in [-0.2, -0.15) is 0 Å². The van der Waals surface area contributed by atoms with E-state index in [0.717, 1.165) is 56.3 Å². The first-order chi connectivity index (χ1) is 9.39. The Morgan fingerprint density at radius 3 is 1.85 bits per heavy atom. The van der Waals surface area contributed by atoms with Crippen LogP contribution in [0, 0.1) is 0 Å². The van der Waals surface area contributed by atoms with Crippen LogP contribution in [0.4, 0.5) is 0 Å². The highest BCUT2D eigenvalue weighted by molar-refractivity contribution is 7.85. The largest absolute Gasteiger partial charge is 0.748 e. The minimum absolute atomic E-state index is 0.252. The Kier molecular flexibility index (Phi) is 10.5. The number of nitrogens with zero attached hydrogens (tertiary/aromatic N) is 1. The number of hydrogen-bond acceptors (Lipinski definition) is 4. The van der Waals surface area contributed by atoms with Gasteiger partial charge in [-0.15, -0.1) is 0 Å². The van der Waals surface area contributed by atoms with E-state index in [9.17, 15) is 13.0 Å². The van der Waals surface area contributed by atoms with Crippen molar-refractivity contribution in [3.63, 3.8) is 0 Å². The number of quaternary nitrogens is 1. The summed E-state index contributed by atoms with van der Waals surface area (Å²) in [6.07, 6.45) is 4.94. The van der Waals surface area contributed by atoms with Gasteiger partial charge in [0, 0.05) is 19.3 Å². The molecule has 0 unspecified atom stereocenters. The predicted molar refractivity (Wildman–Crippen MR) is 80.6 cm³/mol. The van der Waals surface area contributed by atoms with E-state index < -0.39 is 10.1 Å². The Morgan fingerprint density at radius 2 is 1.45 bits per heavy atom. The lowest BCUT2D eigenvalue weighted by molar-refractivity contribution is -0.928. The molecule has 0 aliphatic rings. The zero-order chi connectivity index (χ0) is 15.5. The molecule has 122 valence electrons. The maximum absolute atomic E-state index is 10.8. The highest BCUT2D eigenvalue weighted by Gasteiger charge is 2.25. The third-order valence-corrected chi connectivity index (χ3v) is 4.56. The van der Waals surface area contributed by atoms with E-state index >= 15 is 0 Å². The lowest BCUT2D eigenvalue weighted by Gasteiger charge is -2.39. The number of unbranched alkanes of at least 4 members (excludes halogenated alkanes) is 2. The van der Waals surface area contributed by atoms with Gasteiger partial charge in [0.05, 0.1) is 36.4 Å². The van der Waals surface area contributed by atoms with Gasteiger partial charge in [-0.1, -0.05) is 26.7 Å². The molecule has 0 bridgehead atoms. The standard InChI is InChI=1S/C14H31NO4S/c1-4-6-9-15(10-7-5-2,12-13-19-3)11-8-14-20(16,17)18/h4-14H2,1-3H3. The first-order valence-corrected chi connectivity index (χ1v) is 9.24. The molecule has 0 atom stereocenters. The normalized spacial score (nSPS) is 12.8. The van der Waals surface area contributed by atoms with Gasteiger partial charge in [0.15, 0.2) is 0 Å². The predicted octanol–water partition coefficient (Wildman–Crippen LogP) is 1.99. The molecule has 0 aromatic carbocycles. The zero-order valence-electron chi connectivity index (χ0n) is 13.3. The zero-order valence-corrected chi connectivity index (χ0v) is 14.1. The van der Waals surface area contributed by atoms with E-state index in [1.54, 1.807) is 7.11 Å². The van der Waals surface area contributed by atoms with Crippen LogP contribution in [0.1, 0.15) is 46.0 Å². The van der Waals surface area contributed by atoms with Crippen LogP contribution in [0.25, 0.3) is 0 Å². The van der Waals surface area contributed by atoms with Gasteiger partial charge in [0.25, 0.3) is 0 Å². The molecule has 0 heterocycles. The van der Waals surface area contributed by atoms with Crippen LogP contribution in [0.2, 0.25) is 0 Å². The van der Waals surface area contributed by atoms with Crippen LogP contribution in [-0.2, 0) is 14.9 Å². The third kappa shape index (κ3) is 9.69. The fraction of sp³-hybridized carbons (Fsp3) is 1.00. The van der Waals surface area contributed by atoms with Gasteiger partial charge in [-0.3, -0.25) is 0 Å². The van der Waals surface area contributed by atoms with Crippen molar-refractivity contribution in [1.29, 1.82) is 0 Å². The van der Waals surface area contributed by atoms with Gasteiger partial charge in [0.1, 0.15) is 6.54 Å². The second-order valence-electron chi connectivity index (χ2n) is 5.55.